The van der Waals surface area contributed by atoms with Crippen LogP contribution in [0, 0.1) is 0 Å². The molecule has 76 valence electrons. The lowest BCUT2D eigenvalue weighted by molar-refractivity contribution is 0.475. The van der Waals surface area contributed by atoms with Crippen LogP contribution in [0.2, 0.25) is 5.02 Å². The van der Waals surface area contributed by atoms with E-state index in [1.807, 2.05) is 12.1 Å². The summed E-state index contributed by atoms with van der Waals surface area (Å²) < 4.78 is 0. The van der Waals surface area contributed by atoms with Crippen LogP contribution in [0.4, 0.5) is 0 Å². The highest BCUT2D eigenvalue weighted by atomic mass is 35.5. The summed E-state index contributed by atoms with van der Waals surface area (Å²) in [6, 6.07) is 5.99. The number of aromatic hydroxyl groups is 1. The van der Waals surface area contributed by atoms with E-state index in [0.29, 0.717) is 17.0 Å². The molecular formula is C11H14ClNO. The average molecular weight is 212 g/mol. The summed E-state index contributed by atoms with van der Waals surface area (Å²) in [5.41, 5.74) is 1.21. The van der Waals surface area contributed by atoms with Crippen molar-refractivity contribution in [2.24, 2.45) is 0 Å². The molecule has 14 heavy (non-hydrogen) atoms. The quantitative estimate of drug-likeness (QED) is 0.748. The van der Waals surface area contributed by atoms with Gasteiger partial charge < -0.3 is 10.4 Å². The molecule has 0 radical (unpaired) electrons. The number of nitrogens with one attached hydrogen (secondary N) is 1. The van der Waals surface area contributed by atoms with Crippen LogP contribution in [0.1, 0.15) is 24.8 Å². The fourth-order valence-electron chi connectivity index (χ4n) is 2.07. The molecule has 2 rings (SSSR count). The Morgan fingerprint density at radius 3 is 2.86 bits per heavy atom. The van der Waals surface area contributed by atoms with Crippen molar-refractivity contribution in [2.75, 3.05) is 6.54 Å². The van der Waals surface area contributed by atoms with E-state index in [1.165, 1.54) is 5.56 Å². The molecule has 1 aromatic carbocycles. The van der Waals surface area contributed by atoms with Gasteiger partial charge in [-0.25, -0.2) is 0 Å². The summed E-state index contributed by atoms with van der Waals surface area (Å²) in [6.07, 6.45) is 1.14. The second kappa shape index (κ2) is 3.79. The SMILES string of the molecule is CC1NCCC1c1ccc(O)c(Cl)c1. The number of phenols is 1. The molecule has 1 saturated heterocycles. The number of hydrogen-bond donors (Lipinski definition) is 2. The van der Waals surface area contributed by atoms with Crippen LogP contribution in [0.25, 0.3) is 0 Å². The third-order valence-electron chi connectivity index (χ3n) is 2.93. The molecule has 3 heteroatoms. The standard InChI is InChI=1S/C11H14ClNO/c1-7-9(4-5-13-7)8-2-3-11(14)10(12)6-8/h2-3,6-7,9,13-14H,4-5H2,1H3. The van der Waals surface area contributed by atoms with Crippen molar-refractivity contribution in [1.29, 1.82) is 0 Å². The van der Waals surface area contributed by atoms with Gasteiger partial charge in [-0.1, -0.05) is 17.7 Å². The zero-order valence-corrected chi connectivity index (χ0v) is 8.88. The van der Waals surface area contributed by atoms with E-state index in [0.717, 1.165) is 13.0 Å². The monoisotopic (exact) mass is 211 g/mol. The summed E-state index contributed by atoms with van der Waals surface area (Å²) in [4.78, 5) is 0. The Labute approximate surface area is 88.9 Å². The molecule has 1 aliphatic rings. The number of hydrogen-bond acceptors (Lipinski definition) is 2. The number of phenolic OH excluding ortho intramolecular Hbond substituents is 1. The molecule has 1 aliphatic heterocycles. The first-order chi connectivity index (χ1) is 6.68. The van der Waals surface area contributed by atoms with Crippen molar-refractivity contribution in [3.05, 3.63) is 28.8 Å². The third-order valence-corrected chi connectivity index (χ3v) is 3.23. The predicted octanol–water partition coefficient (Wildman–Crippen LogP) is 2.51. The van der Waals surface area contributed by atoms with E-state index in [9.17, 15) is 5.11 Å². The molecule has 0 aromatic heterocycles. The van der Waals surface area contributed by atoms with Crippen molar-refractivity contribution in [3.8, 4) is 5.75 Å². The predicted molar refractivity (Wildman–Crippen MR) is 57.9 cm³/mol. The zero-order valence-electron chi connectivity index (χ0n) is 8.13. The second-order valence-corrected chi connectivity index (χ2v) is 4.26. The maximum atomic E-state index is 9.30. The highest BCUT2D eigenvalue weighted by Crippen LogP contribution is 2.32. The van der Waals surface area contributed by atoms with Crippen molar-refractivity contribution in [2.45, 2.75) is 25.3 Å². The number of rotatable bonds is 1. The first-order valence-electron chi connectivity index (χ1n) is 4.90. The van der Waals surface area contributed by atoms with Gasteiger partial charge in [-0.15, -0.1) is 0 Å². The van der Waals surface area contributed by atoms with Crippen LogP contribution in [0.3, 0.4) is 0 Å². The lowest BCUT2D eigenvalue weighted by Crippen LogP contribution is -2.21. The molecular weight excluding hydrogens is 198 g/mol. The normalized spacial score (nSPS) is 26.7. The lowest BCUT2D eigenvalue weighted by Gasteiger charge is -2.15. The van der Waals surface area contributed by atoms with Gasteiger partial charge in [0.25, 0.3) is 0 Å². The van der Waals surface area contributed by atoms with E-state index < -0.39 is 0 Å². The summed E-state index contributed by atoms with van der Waals surface area (Å²) in [5, 5.41) is 13.1. The Morgan fingerprint density at radius 2 is 2.29 bits per heavy atom. The molecule has 2 unspecified atom stereocenters. The van der Waals surface area contributed by atoms with Gasteiger partial charge in [-0.05, 0) is 37.6 Å². The van der Waals surface area contributed by atoms with E-state index in [4.69, 9.17) is 11.6 Å². The van der Waals surface area contributed by atoms with Crippen LogP contribution < -0.4 is 5.32 Å². The first-order valence-corrected chi connectivity index (χ1v) is 5.28. The van der Waals surface area contributed by atoms with Crippen molar-refractivity contribution in [3.63, 3.8) is 0 Å². The van der Waals surface area contributed by atoms with E-state index in [2.05, 4.69) is 12.2 Å². The summed E-state index contributed by atoms with van der Waals surface area (Å²) >= 11 is 5.87. The Hall–Kier alpha value is -0.730. The van der Waals surface area contributed by atoms with E-state index in [-0.39, 0.29) is 5.75 Å². The van der Waals surface area contributed by atoms with Gasteiger partial charge in [-0.3, -0.25) is 0 Å². The van der Waals surface area contributed by atoms with Crippen LogP contribution in [-0.2, 0) is 0 Å². The summed E-state index contributed by atoms with van der Waals surface area (Å²) in [7, 11) is 0. The molecule has 0 bridgehead atoms. The Morgan fingerprint density at radius 1 is 1.50 bits per heavy atom. The highest BCUT2D eigenvalue weighted by Gasteiger charge is 2.24. The van der Waals surface area contributed by atoms with Crippen LogP contribution in [0.5, 0.6) is 5.75 Å². The third kappa shape index (κ3) is 1.72. The minimum Gasteiger partial charge on any atom is -0.506 e. The molecule has 0 aliphatic carbocycles. The molecule has 0 amide bonds. The van der Waals surface area contributed by atoms with Gasteiger partial charge in [0, 0.05) is 12.0 Å². The minimum atomic E-state index is 0.161. The van der Waals surface area contributed by atoms with Crippen LogP contribution in [-0.4, -0.2) is 17.7 Å². The fourth-order valence-corrected chi connectivity index (χ4v) is 2.26. The Bertz CT molecular complexity index is 340. The first kappa shape index (κ1) is 9.81. The number of halogens is 1. The minimum absolute atomic E-state index is 0.161. The van der Waals surface area contributed by atoms with Gasteiger partial charge >= 0.3 is 0 Å². The molecule has 1 aromatic rings. The highest BCUT2D eigenvalue weighted by molar-refractivity contribution is 6.32. The lowest BCUT2D eigenvalue weighted by atomic mass is 9.93. The smallest absolute Gasteiger partial charge is 0.134 e. The van der Waals surface area contributed by atoms with E-state index in [1.54, 1.807) is 6.07 Å². The van der Waals surface area contributed by atoms with Gasteiger partial charge in [0.15, 0.2) is 0 Å². The fraction of sp³-hybridized carbons (Fsp3) is 0.455. The zero-order chi connectivity index (χ0) is 10.1. The molecule has 2 N–H and O–H groups in total. The van der Waals surface area contributed by atoms with E-state index >= 15 is 0 Å². The van der Waals surface area contributed by atoms with Gasteiger partial charge in [-0.2, -0.15) is 0 Å². The Kier molecular flexibility index (Phi) is 2.66. The molecule has 2 nitrogen and oxygen atoms in total. The molecule has 1 heterocycles. The molecule has 0 spiro atoms. The maximum absolute atomic E-state index is 9.30. The van der Waals surface area contributed by atoms with Crippen molar-refractivity contribution in [1.82, 2.24) is 5.32 Å². The maximum Gasteiger partial charge on any atom is 0.134 e. The largest absolute Gasteiger partial charge is 0.506 e. The average Bonchev–Trinajstić information content (AvgIpc) is 2.57. The Balaban J connectivity index is 2.28. The van der Waals surface area contributed by atoms with Gasteiger partial charge in [0.1, 0.15) is 5.75 Å². The summed E-state index contributed by atoms with van der Waals surface area (Å²) in [5.74, 6) is 0.683. The summed E-state index contributed by atoms with van der Waals surface area (Å²) in [6.45, 7) is 3.24. The second-order valence-electron chi connectivity index (χ2n) is 3.85. The van der Waals surface area contributed by atoms with Crippen molar-refractivity contribution >= 4 is 11.6 Å². The van der Waals surface area contributed by atoms with Crippen molar-refractivity contribution < 1.29 is 5.11 Å². The van der Waals surface area contributed by atoms with Crippen LogP contribution in [0.15, 0.2) is 18.2 Å². The van der Waals surface area contributed by atoms with Gasteiger partial charge in [0.05, 0.1) is 5.02 Å². The number of benzene rings is 1. The molecule has 1 fully saturated rings. The topological polar surface area (TPSA) is 32.3 Å². The molecule has 0 saturated carbocycles. The van der Waals surface area contributed by atoms with Crippen LogP contribution >= 0.6 is 11.6 Å². The van der Waals surface area contributed by atoms with Gasteiger partial charge in [0.2, 0.25) is 0 Å². The molecule has 2 atom stereocenters.